The van der Waals surface area contributed by atoms with E-state index in [1.807, 2.05) is 22.8 Å². The lowest BCUT2D eigenvalue weighted by molar-refractivity contribution is -0.119. The number of carbonyl (C=O) groups excluding carboxylic acids is 1. The van der Waals surface area contributed by atoms with Gasteiger partial charge in [0, 0.05) is 32.2 Å². The van der Waals surface area contributed by atoms with E-state index in [1.165, 1.54) is 4.57 Å². The summed E-state index contributed by atoms with van der Waals surface area (Å²) in [5, 5.41) is 2.92. The standard InChI is InChI=1S/C23H27ClF2N8O2/c1-14-4-2-6-16-18(14)28-20(19(25)26)34(16)23-30-21(32-8-10-36-11-9-32)29-22(31-23)33-7-3-5-15(13-33)27-17(35)12-24/h2,4,6,15,19H,3,5,7-13H2,1H3,(H,27,35)/t15-/m0/s1. The smallest absolute Gasteiger partial charge is 0.296 e. The summed E-state index contributed by atoms with van der Waals surface area (Å²) in [5.74, 6) is 0.0562. The van der Waals surface area contributed by atoms with Crippen molar-refractivity contribution < 1.29 is 18.3 Å². The number of para-hydroxylation sites is 1. The highest BCUT2D eigenvalue weighted by molar-refractivity contribution is 6.27. The predicted octanol–water partition coefficient (Wildman–Crippen LogP) is 2.62. The maximum absolute atomic E-state index is 14.2. The molecule has 1 aromatic carbocycles. The van der Waals surface area contributed by atoms with Crippen LogP contribution in [-0.2, 0) is 9.53 Å². The van der Waals surface area contributed by atoms with Gasteiger partial charge in [-0.2, -0.15) is 15.0 Å². The first-order chi connectivity index (χ1) is 17.4. The number of halogens is 3. The van der Waals surface area contributed by atoms with Gasteiger partial charge in [-0.1, -0.05) is 12.1 Å². The minimum absolute atomic E-state index is 0.0804. The van der Waals surface area contributed by atoms with Crippen LogP contribution in [0.5, 0.6) is 0 Å². The van der Waals surface area contributed by atoms with Crippen LogP contribution in [0, 0.1) is 6.92 Å². The third kappa shape index (κ3) is 4.92. The first kappa shape index (κ1) is 24.6. The number of morpholine rings is 1. The Hall–Kier alpha value is -3.12. The molecular formula is C23H27ClF2N8O2. The van der Waals surface area contributed by atoms with Crippen LogP contribution >= 0.6 is 11.6 Å². The number of nitrogens with one attached hydrogen (secondary N) is 1. The number of anilines is 2. The minimum atomic E-state index is -2.83. The molecule has 2 aromatic heterocycles. The van der Waals surface area contributed by atoms with Crippen LogP contribution in [0.2, 0.25) is 0 Å². The summed E-state index contributed by atoms with van der Waals surface area (Å²) >= 11 is 5.66. The van der Waals surface area contributed by atoms with Crippen LogP contribution in [0.1, 0.15) is 30.7 Å². The number of hydrogen-bond donors (Lipinski definition) is 1. The third-order valence-corrected chi connectivity index (χ3v) is 6.64. The molecule has 3 aromatic rings. The Balaban J connectivity index is 1.61. The van der Waals surface area contributed by atoms with Gasteiger partial charge in [0.1, 0.15) is 5.88 Å². The number of rotatable bonds is 6. The Morgan fingerprint density at radius 2 is 1.83 bits per heavy atom. The number of amides is 1. The van der Waals surface area contributed by atoms with E-state index in [2.05, 4.69) is 20.3 Å². The summed E-state index contributed by atoms with van der Waals surface area (Å²) in [6.07, 6.45) is -1.22. The molecule has 10 nitrogen and oxygen atoms in total. The van der Waals surface area contributed by atoms with Gasteiger partial charge in [-0.15, -0.1) is 11.6 Å². The SMILES string of the molecule is Cc1cccc2c1nc(C(F)F)n2-c1nc(N2CCOCC2)nc(N2CCC[C@H](NC(=O)CCl)C2)n1. The van der Waals surface area contributed by atoms with Crippen LogP contribution in [0.25, 0.3) is 17.0 Å². The first-order valence-electron chi connectivity index (χ1n) is 11.9. The van der Waals surface area contributed by atoms with Crippen molar-refractivity contribution in [1.29, 1.82) is 0 Å². The van der Waals surface area contributed by atoms with Crippen molar-refractivity contribution in [2.75, 3.05) is 55.1 Å². The van der Waals surface area contributed by atoms with E-state index >= 15 is 0 Å². The zero-order chi connectivity index (χ0) is 25.2. The van der Waals surface area contributed by atoms with Crippen LogP contribution in [0.3, 0.4) is 0 Å². The molecule has 0 unspecified atom stereocenters. The number of imidazole rings is 1. The largest absolute Gasteiger partial charge is 0.378 e. The molecule has 13 heteroatoms. The number of ether oxygens (including phenoxy) is 1. The Morgan fingerprint density at radius 3 is 2.56 bits per heavy atom. The molecule has 2 aliphatic heterocycles. The average molecular weight is 521 g/mol. The fourth-order valence-electron chi connectivity index (χ4n) is 4.65. The zero-order valence-electron chi connectivity index (χ0n) is 19.8. The van der Waals surface area contributed by atoms with E-state index in [4.69, 9.17) is 21.3 Å². The van der Waals surface area contributed by atoms with E-state index in [-0.39, 0.29) is 23.8 Å². The van der Waals surface area contributed by atoms with Gasteiger partial charge in [-0.3, -0.25) is 9.36 Å². The van der Waals surface area contributed by atoms with Gasteiger partial charge in [-0.25, -0.2) is 13.8 Å². The van der Waals surface area contributed by atoms with Gasteiger partial charge in [0.05, 0.1) is 24.2 Å². The first-order valence-corrected chi connectivity index (χ1v) is 12.4. The Labute approximate surface area is 211 Å². The summed E-state index contributed by atoms with van der Waals surface area (Å²) < 4.78 is 35.1. The lowest BCUT2D eigenvalue weighted by Crippen LogP contribution is -2.49. The summed E-state index contributed by atoms with van der Waals surface area (Å²) in [7, 11) is 0. The Bertz CT molecular complexity index is 1250. The number of carbonyl (C=O) groups is 1. The molecule has 36 heavy (non-hydrogen) atoms. The highest BCUT2D eigenvalue weighted by Crippen LogP contribution is 2.30. The predicted molar refractivity (Wildman–Crippen MR) is 131 cm³/mol. The molecule has 192 valence electrons. The average Bonchev–Trinajstić information content (AvgIpc) is 3.30. The zero-order valence-corrected chi connectivity index (χ0v) is 20.6. The molecule has 1 atom stereocenters. The molecule has 1 amide bonds. The maximum atomic E-state index is 14.2. The fraction of sp³-hybridized carbons (Fsp3) is 0.522. The number of aryl methyl sites for hydroxylation is 1. The number of piperidine rings is 1. The maximum Gasteiger partial charge on any atom is 0.296 e. The molecule has 0 spiro atoms. The van der Waals surface area contributed by atoms with E-state index in [1.54, 1.807) is 12.1 Å². The Kier molecular flexibility index (Phi) is 7.15. The summed E-state index contributed by atoms with van der Waals surface area (Å²) in [4.78, 5) is 34.0. The van der Waals surface area contributed by atoms with E-state index < -0.39 is 12.2 Å². The summed E-state index contributed by atoms with van der Waals surface area (Å²) in [6, 6.07) is 5.24. The normalized spacial score (nSPS) is 18.8. The molecule has 2 aliphatic rings. The second kappa shape index (κ2) is 10.5. The molecule has 0 bridgehead atoms. The molecule has 2 fully saturated rings. The summed E-state index contributed by atoms with van der Waals surface area (Å²) in [6.45, 7) is 5.14. The highest BCUT2D eigenvalue weighted by atomic mass is 35.5. The number of nitrogens with zero attached hydrogens (tertiary/aromatic N) is 7. The van der Waals surface area contributed by atoms with Crippen molar-refractivity contribution in [3.8, 4) is 5.95 Å². The van der Waals surface area contributed by atoms with Crippen molar-refractivity contribution in [2.24, 2.45) is 0 Å². The van der Waals surface area contributed by atoms with E-state index in [9.17, 15) is 13.6 Å². The van der Waals surface area contributed by atoms with E-state index in [0.717, 1.165) is 18.4 Å². The van der Waals surface area contributed by atoms with Crippen molar-refractivity contribution in [1.82, 2.24) is 29.8 Å². The van der Waals surface area contributed by atoms with Crippen LogP contribution in [-0.4, -0.2) is 81.7 Å². The lowest BCUT2D eigenvalue weighted by atomic mass is 10.1. The fourth-order valence-corrected chi connectivity index (χ4v) is 4.72. The number of alkyl halides is 3. The second-order valence-electron chi connectivity index (χ2n) is 8.87. The molecule has 5 rings (SSSR count). The summed E-state index contributed by atoms with van der Waals surface area (Å²) in [5.41, 5.74) is 1.76. The quantitative estimate of drug-likeness (QED) is 0.495. The topological polar surface area (TPSA) is 101 Å². The van der Waals surface area contributed by atoms with Gasteiger partial charge >= 0.3 is 0 Å². The van der Waals surface area contributed by atoms with Gasteiger partial charge in [0.2, 0.25) is 23.8 Å². The molecule has 0 radical (unpaired) electrons. The number of hydrogen-bond acceptors (Lipinski definition) is 8. The van der Waals surface area contributed by atoms with E-state index in [0.29, 0.717) is 62.3 Å². The molecule has 0 aliphatic carbocycles. The Morgan fingerprint density at radius 1 is 1.11 bits per heavy atom. The van der Waals surface area contributed by atoms with Crippen molar-refractivity contribution in [2.45, 2.75) is 32.2 Å². The second-order valence-corrected chi connectivity index (χ2v) is 9.14. The monoisotopic (exact) mass is 520 g/mol. The van der Waals surface area contributed by atoms with Gasteiger partial charge in [0.15, 0.2) is 5.82 Å². The van der Waals surface area contributed by atoms with Crippen LogP contribution in [0.4, 0.5) is 20.7 Å². The number of fused-ring (bicyclic) bond motifs is 1. The van der Waals surface area contributed by atoms with Crippen molar-refractivity contribution in [3.63, 3.8) is 0 Å². The number of benzene rings is 1. The van der Waals surface area contributed by atoms with Gasteiger partial charge in [-0.05, 0) is 31.4 Å². The number of aromatic nitrogens is 5. The third-order valence-electron chi connectivity index (χ3n) is 6.39. The van der Waals surface area contributed by atoms with Crippen LogP contribution in [0.15, 0.2) is 18.2 Å². The van der Waals surface area contributed by atoms with Gasteiger partial charge in [0.25, 0.3) is 6.43 Å². The minimum Gasteiger partial charge on any atom is -0.378 e. The molecule has 1 N–H and O–H groups in total. The van der Waals surface area contributed by atoms with Crippen molar-refractivity contribution >= 4 is 40.4 Å². The van der Waals surface area contributed by atoms with Crippen molar-refractivity contribution in [3.05, 3.63) is 29.6 Å². The molecule has 0 saturated carbocycles. The molecule has 4 heterocycles. The van der Waals surface area contributed by atoms with Gasteiger partial charge < -0.3 is 19.9 Å². The highest BCUT2D eigenvalue weighted by Gasteiger charge is 2.28. The molecular weight excluding hydrogens is 494 g/mol. The van der Waals surface area contributed by atoms with Crippen LogP contribution < -0.4 is 15.1 Å². The lowest BCUT2D eigenvalue weighted by Gasteiger charge is -2.34. The molecule has 2 saturated heterocycles.